The molecule has 0 heterocycles. The van der Waals surface area contributed by atoms with Crippen LogP contribution in [-0.2, 0) is 6.42 Å². The average molecular weight is 277 g/mol. The molecule has 0 aliphatic heterocycles. The predicted molar refractivity (Wildman–Crippen MR) is 77.8 cm³/mol. The summed E-state index contributed by atoms with van der Waals surface area (Å²) in [7, 11) is 1.63. The molecule has 0 saturated carbocycles. The summed E-state index contributed by atoms with van der Waals surface area (Å²) in [4.78, 5) is 0. The minimum Gasteiger partial charge on any atom is -0.496 e. The van der Waals surface area contributed by atoms with Crippen LogP contribution in [0.2, 0.25) is 5.02 Å². The van der Waals surface area contributed by atoms with Crippen molar-refractivity contribution in [2.75, 3.05) is 7.11 Å². The Morgan fingerprint density at radius 1 is 1.21 bits per heavy atom. The molecular formula is C16H17ClO2. The second-order valence-electron chi connectivity index (χ2n) is 4.56. The summed E-state index contributed by atoms with van der Waals surface area (Å²) in [6.07, 6.45) is -0.154. The van der Waals surface area contributed by atoms with E-state index >= 15 is 0 Å². The molecule has 2 aromatic rings. The van der Waals surface area contributed by atoms with Gasteiger partial charge in [0, 0.05) is 11.4 Å². The number of hydrogen-bond donors (Lipinski definition) is 1. The van der Waals surface area contributed by atoms with Crippen LogP contribution in [0, 0.1) is 6.92 Å². The number of halogens is 1. The highest BCUT2D eigenvalue weighted by molar-refractivity contribution is 6.31. The molecule has 2 aromatic carbocycles. The maximum Gasteiger partial charge on any atom is 0.122 e. The monoisotopic (exact) mass is 276 g/mol. The van der Waals surface area contributed by atoms with E-state index in [0.717, 1.165) is 22.4 Å². The maximum atomic E-state index is 10.3. The van der Waals surface area contributed by atoms with Crippen molar-refractivity contribution in [1.29, 1.82) is 0 Å². The Kier molecular flexibility index (Phi) is 4.46. The molecule has 0 aliphatic carbocycles. The molecule has 0 aromatic heterocycles. The molecule has 0 spiro atoms. The standard InChI is InChI=1S/C16H17ClO2/c1-11-7-8-16(19-2)12(9-11)10-15(18)13-5-3-4-6-14(13)17/h3-9,15,18H,10H2,1-2H3. The number of aliphatic hydroxyl groups excluding tert-OH is 1. The molecule has 2 nitrogen and oxygen atoms in total. The average Bonchev–Trinajstić information content (AvgIpc) is 2.39. The van der Waals surface area contributed by atoms with Crippen LogP contribution in [0.15, 0.2) is 42.5 Å². The molecular weight excluding hydrogens is 260 g/mol. The number of benzene rings is 2. The van der Waals surface area contributed by atoms with Gasteiger partial charge in [0.1, 0.15) is 5.75 Å². The van der Waals surface area contributed by atoms with E-state index in [1.807, 2.05) is 43.3 Å². The molecule has 0 fully saturated rings. The molecule has 0 amide bonds. The first-order valence-electron chi connectivity index (χ1n) is 6.18. The third kappa shape index (κ3) is 3.28. The van der Waals surface area contributed by atoms with E-state index in [2.05, 4.69) is 0 Å². The van der Waals surface area contributed by atoms with Gasteiger partial charge in [-0.3, -0.25) is 0 Å². The molecule has 2 rings (SSSR count). The van der Waals surface area contributed by atoms with Gasteiger partial charge in [0.2, 0.25) is 0 Å². The first-order valence-corrected chi connectivity index (χ1v) is 6.55. The van der Waals surface area contributed by atoms with Crippen molar-refractivity contribution in [2.45, 2.75) is 19.4 Å². The highest BCUT2D eigenvalue weighted by Crippen LogP contribution is 2.29. The summed E-state index contributed by atoms with van der Waals surface area (Å²) in [6, 6.07) is 13.3. The van der Waals surface area contributed by atoms with Gasteiger partial charge in [0.05, 0.1) is 13.2 Å². The van der Waals surface area contributed by atoms with Crippen molar-refractivity contribution in [2.24, 2.45) is 0 Å². The van der Waals surface area contributed by atoms with Gasteiger partial charge in [-0.25, -0.2) is 0 Å². The summed E-state index contributed by atoms with van der Waals surface area (Å²) in [5.41, 5.74) is 2.87. The topological polar surface area (TPSA) is 29.5 Å². The van der Waals surface area contributed by atoms with Gasteiger partial charge in [-0.05, 0) is 30.2 Å². The molecule has 19 heavy (non-hydrogen) atoms. The van der Waals surface area contributed by atoms with Gasteiger partial charge >= 0.3 is 0 Å². The van der Waals surface area contributed by atoms with Gasteiger partial charge in [-0.2, -0.15) is 0 Å². The molecule has 0 bridgehead atoms. The van der Waals surface area contributed by atoms with Crippen molar-refractivity contribution < 1.29 is 9.84 Å². The van der Waals surface area contributed by atoms with Crippen molar-refractivity contribution >= 4 is 11.6 Å². The van der Waals surface area contributed by atoms with Gasteiger partial charge in [0.15, 0.2) is 0 Å². The molecule has 1 N–H and O–H groups in total. The Morgan fingerprint density at radius 3 is 2.63 bits per heavy atom. The Hall–Kier alpha value is -1.51. The van der Waals surface area contributed by atoms with E-state index in [1.165, 1.54) is 0 Å². The van der Waals surface area contributed by atoms with Crippen LogP contribution in [0.25, 0.3) is 0 Å². The fourth-order valence-corrected chi connectivity index (χ4v) is 2.39. The third-order valence-corrected chi connectivity index (χ3v) is 3.46. The number of ether oxygens (including phenoxy) is 1. The van der Waals surface area contributed by atoms with Crippen molar-refractivity contribution in [1.82, 2.24) is 0 Å². The Morgan fingerprint density at radius 2 is 1.95 bits per heavy atom. The van der Waals surface area contributed by atoms with Gasteiger partial charge in [-0.15, -0.1) is 0 Å². The first-order chi connectivity index (χ1) is 9.11. The van der Waals surface area contributed by atoms with E-state index in [1.54, 1.807) is 13.2 Å². The van der Waals surface area contributed by atoms with Gasteiger partial charge < -0.3 is 9.84 Å². The number of aliphatic hydroxyl groups is 1. The number of aryl methyl sites for hydroxylation is 1. The minimum atomic E-state index is -0.635. The molecule has 3 heteroatoms. The highest BCUT2D eigenvalue weighted by atomic mass is 35.5. The summed E-state index contributed by atoms with van der Waals surface area (Å²) >= 11 is 6.10. The van der Waals surface area contributed by atoms with Crippen LogP contribution in [0.1, 0.15) is 22.8 Å². The van der Waals surface area contributed by atoms with Crippen molar-refractivity contribution in [3.8, 4) is 5.75 Å². The first kappa shape index (κ1) is 13.9. The zero-order chi connectivity index (χ0) is 13.8. The van der Waals surface area contributed by atoms with Gasteiger partial charge in [0.25, 0.3) is 0 Å². The lowest BCUT2D eigenvalue weighted by Gasteiger charge is -2.15. The highest BCUT2D eigenvalue weighted by Gasteiger charge is 2.14. The lowest BCUT2D eigenvalue weighted by Crippen LogP contribution is -2.04. The molecule has 0 saturated heterocycles. The number of methoxy groups -OCH3 is 1. The molecule has 0 aliphatic rings. The van der Waals surface area contributed by atoms with Crippen molar-refractivity contribution in [3.63, 3.8) is 0 Å². The number of rotatable bonds is 4. The molecule has 100 valence electrons. The van der Waals surface area contributed by atoms with Gasteiger partial charge in [-0.1, -0.05) is 47.5 Å². The minimum absolute atomic E-state index is 0.481. The van der Waals surface area contributed by atoms with E-state index < -0.39 is 6.10 Å². The normalized spacial score (nSPS) is 12.2. The van der Waals surface area contributed by atoms with Crippen molar-refractivity contribution in [3.05, 3.63) is 64.2 Å². The predicted octanol–water partition coefficient (Wildman–Crippen LogP) is 3.93. The van der Waals surface area contributed by atoms with Crippen LogP contribution in [-0.4, -0.2) is 12.2 Å². The largest absolute Gasteiger partial charge is 0.496 e. The molecule has 0 radical (unpaired) electrons. The van der Waals surface area contributed by atoms with E-state index in [-0.39, 0.29) is 0 Å². The lowest BCUT2D eigenvalue weighted by molar-refractivity contribution is 0.177. The summed E-state index contributed by atoms with van der Waals surface area (Å²) in [6.45, 7) is 2.02. The summed E-state index contributed by atoms with van der Waals surface area (Å²) < 4.78 is 5.32. The summed E-state index contributed by atoms with van der Waals surface area (Å²) in [5.74, 6) is 0.789. The fourth-order valence-electron chi connectivity index (χ4n) is 2.13. The van der Waals surface area contributed by atoms with E-state index in [4.69, 9.17) is 16.3 Å². The zero-order valence-corrected chi connectivity index (χ0v) is 11.8. The zero-order valence-electron chi connectivity index (χ0n) is 11.1. The van der Waals surface area contributed by atoms with E-state index in [0.29, 0.717) is 11.4 Å². The summed E-state index contributed by atoms with van der Waals surface area (Å²) in [5, 5.41) is 10.9. The SMILES string of the molecule is COc1ccc(C)cc1CC(O)c1ccccc1Cl. The Labute approximate surface area is 118 Å². The second kappa shape index (κ2) is 6.09. The van der Waals surface area contributed by atoms with Crippen LogP contribution < -0.4 is 4.74 Å². The molecule has 1 unspecified atom stereocenters. The quantitative estimate of drug-likeness (QED) is 0.917. The Bertz CT molecular complexity index is 566. The Balaban J connectivity index is 2.26. The molecule has 1 atom stereocenters. The smallest absolute Gasteiger partial charge is 0.122 e. The maximum absolute atomic E-state index is 10.3. The van der Waals surface area contributed by atoms with Crippen LogP contribution >= 0.6 is 11.6 Å². The van der Waals surface area contributed by atoms with Crippen LogP contribution in [0.5, 0.6) is 5.75 Å². The third-order valence-electron chi connectivity index (χ3n) is 3.11. The second-order valence-corrected chi connectivity index (χ2v) is 4.96. The van der Waals surface area contributed by atoms with Crippen LogP contribution in [0.3, 0.4) is 0 Å². The number of hydrogen-bond acceptors (Lipinski definition) is 2. The lowest BCUT2D eigenvalue weighted by atomic mass is 9.99. The van der Waals surface area contributed by atoms with E-state index in [9.17, 15) is 5.11 Å². The van der Waals surface area contributed by atoms with Crippen LogP contribution in [0.4, 0.5) is 0 Å². The fraction of sp³-hybridized carbons (Fsp3) is 0.250.